The van der Waals surface area contributed by atoms with Gasteiger partial charge in [-0.25, -0.2) is 0 Å². The molecule has 0 spiro atoms. The second-order valence-electron chi connectivity index (χ2n) is 5.44. The Morgan fingerprint density at radius 2 is 2.17 bits per heavy atom. The van der Waals surface area contributed by atoms with Gasteiger partial charge in [0.1, 0.15) is 5.69 Å². The third-order valence-electron chi connectivity index (χ3n) is 3.80. The predicted octanol–water partition coefficient (Wildman–Crippen LogP) is 3.49. The molecule has 2 rings (SSSR count). The maximum atomic E-state index is 12.2. The van der Waals surface area contributed by atoms with Crippen LogP contribution in [0.3, 0.4) is 0 Å². The number of aromatic nitrogens is 1. The molecule has 2 atom stereocenters. The van der Waals surface area contributed by atoms with Crippen molar-refractivity contribution >= 4 is 21.8 Å². The third-order valence-corrected chi connectivity index (χ3v) is 4.23. The van der Waals surface area contributed by atoms with E-state index in [-0.39, 0.29) is 5.91 Å². The molecule has 4 heteroatoms. The number of hydrogen-bond acceptors (Lipinski definition) is 1. The van der Waals surface area contributed by atoms with E-state index >= 15 is 0 Å². The minimum Gasteiger partial charge on any atom is -0.348 e. The highest BCUT2D eigenvalue weighted by molar-refractivity contribution is 9.10. The Morgan fingerprint density at radius 1 is 1.39 bits per heavy atom. The van der Waals surface area contributed by atoms with Gasteiger partial charge < -0.3 is 9.88 Å². The summed E-state index contributed by atoms with van der Waals surface area (Å²) in [6, 6.07) is 2.21. The number of hydrogen-bond donors (Lipinski definition) is 1. The fourth-order valence-corrected chi connectivity index (χ4v) is 3.16. The first-order valence-corrected chi connectivity index (χ1v) is 7.48. The summed E-state index contributed by atoms with van der Waals surface area (Å²) in [6.07, 6.45) is 7.87. The average Bonchev–Trinajstić information content (AvgIpc) is 2.51. The largest absolute Gasteiger partial charge is 0.348 e. The molecular formula is C14H21BrN2O. The molecule has 1 saturated carbocycles. The van der Waals surface area contributed by atoms with E-state index in [1.165, 1.54) is 19.3 Å². The number of carbonyl (C=O) groups is 1. The van der Waals surface area contributed by atoms with Crippen molar-refractivity contribution < 1.29 is 4.79 Å². The van der Waals surface area contributed by atoms with Crippen molar-refractivity contribution in [2.24, 2.45) is 13.0 Å². The Bertz CT molecular complexity index is 427. The second kappa shape index (κ2) is 5.91. The summed E-state index contributed by atoms with van der Waals surface area (Å²) in [6.45, 7) is 2.30. The van der Waals surface area contributed by atoms with Crippen LogP contribution in [0.5, 0.6) is 0 Å². The van der Waals surface area contributed by atoms with Crippen molar-refractivity contribution in [1.82, 2.24) is 9.88 Å². The smallest absolute Gasteiger partial charge is 0.268 e. The molecule has 2 unspecified atom stereocenters. The summed E-state index contributed by atoms with van der Waals surface area (Å²) >= 11 is 3.40. The van der Waals surface area contributed by atoms with E-state index in [1.54, 1.807) is 0 Å². The maximum Gasteiger partial charge on any atom is 0.268 e. The number of nitrogens with one attached hydrogen (secondary N) is 1. The number of carbonyl (C=O) groups excluding carboxylic acids is 1. The van der Waals surface area contributed by atoms with Gasteiger partial charge in [0.15, 0.2) is 0 Å². The van der Waals surface area contributed by atoms with Crippen molar-refractivity contribution in [3.8, 4) is 0 Å². The molecule has 100 valence electrons. The average molecular weight is 313 g/mol. The first-order chi connectivity index (χ1) is 8.56. The van der Waals surface area contributed by atoms with Gasteiger partial charge in [0, 0.05) is 23.8 Å². The quantitative estimate of drug-likeness (QED) is 0.833. The summed E-state index contributed by atoms with van der Waals surface area (Å²) < 4.78 is 2.81. The van der Waals surface area contributed by atoms with Crippen molar-refractivity contribution in [2.75, 3.05) is 0 Å². The number of amides is 1. The summed E-state index contributed by atoms with van der Waals surface area (Å²) in [7, 11) is 1.90. The predicted molar refractivity (Wildman–Crippen MR) is 76.6 cm³/mol. The molecule has 3 nitrogen and oxygen atoms in total. The van der Waals surface area contributed by atoms with Crippen LogP contribution in [0.15, 0.2) is 16.7 Å². The van der Waals surface area contributed by atoms with Crippen molar-refractivity contribution in [2.45, 2.75) is 45.1 Å². The van der Waals surface area contributed by atoms with Crippen LogP contribution in [0, 0.1) is 5.92 Å². The number of halogens is 1. The van der Waals surface area contributed by atoms with Gasteiger partial charge in [0.05, 0.1) is 0 Å². The first-order valence-electron chi connectivity index (χ1n) is 6.69. The molecular weight excluding hydrogens is 292 g/mol. The Hall–Kier alpha value is -0.770. The molecule has 0 bridgehead atoms. The summed E-state index contributed by atoms with van der Waals surface area (Å²) in [5, 5.41) is 3.17. The molecule has 1 aromatic heterocycles. The molecule has 1 heterocycles. The van der Waals surface area contributed by atoms with Crippen LogP contribution in [-0.4, -0.2) is 16.5 Å². The number of nitrogens with zero attached hydrogens (tertiary/aromatic N) is 1. The van der Waals surface area contributed by atoms with Crippen LogP contribution in [0.4, 0.5) is 0 Å². The molecule has 0 saturated heterocycles. The van der Waals surface area contributed by atoms with E-state index in [2.05, 4.69) is 28.2 Å². The van der Waals surface area contributed by atoms with Crippen molar-refractivity contribution in [3.63, 3.8) is 0 Å². The molecule has 1 N–H and O–H groups in total. The normalized spacial score (nSPS) is 24.6. The Kier molecular flexibility index (Phi) is 4.49. The zero-order valence-corrected chi connectivity index (χ0v) is 12.7. The molecule has 0 aromatic carbocycles. The highest BCUT2D eigenvalue weighted by atomic mass is 79.9. The van der Waals surface area contributed by atoms with E-state index in [0.717, 1.165) is 28.9 Å². The molecule has 1 amide bonds. The fourth-order valence-electron chi connectivity index (χ4n) is 2.64. The summed E-state index contributed by atoms with van der Waals surface area (Å²) in [5.74, 6) is 0.846. The lowest BCUT2D eigenvalue weighted by Gasteiger charge is -2.16. The van der Waals surface area contributed by atoms with Gasteiger partial charge in [0.25, 0.3) is 5.91 Å². The monoisotopic (exact) mass is 312 g/mol. The van der Waals surface area contributed by atoms with Gasteiger partial charge in [-0.05, 0) is 47.2 Å². The maximum absolute atomic E-state index is 12.2. The highest BCUT2D eigenvalue weighted by Crippen LogP contribution is 2.23. The lowest BCUT2D eigenvalue weighted by atomic mass is 10.0. The van der Waals surface area contributed by atoms with Gasteiger partial charge in [-0.1, -0.05) is 19.8 Å². The van der Waals surface area contributed by atoms with E-state index in [4.69, 9.17) is 0 Å². The lowest BCUT2D eigenvalue weighted by Crippen LogP contribution is -2.35. The molecule has 0 radical (unpaired) electrons. The Balaban J connectivity index is 1.96. The standard InChI is InChI=1S/C14H21BrN2O/c1-10-4-3-5-12(7-6-10)16-14(18)13-8-11(15)9-17(13)2/h8-10,12H,3-7H2,1-2H3,(H,16,18). The molecule has 1 aromatic rings. The van der Waals surface area contributed by atoms with E-state index in [1.807, 2.05) is 23.9 Å². The van der Waals surface area contributed by atoms with Crippen LogP contribution in [0.1, 0.15) is 49.5 Å². The van der Waals surface area contributed by atoms with Crippen LogP contribution >= 0.6 is 15.9 Å². The molecule has 1 aliphatic carbocycles. The summed E-state index contributed by atoms with van der Waals surface area (Å²) in [4.78, 5) is 12.2. The third kappa shape index (κ3) is 3.37. The SMILES string of the molecule is CC1CCCC(NC(=O)c2cc(Br)cn2C)CC1. The van der Waals surface area contributed by atoms with E-state index < -0.39 is 0 Å². The summed E-state index contributed by atoms with van der Waals surface area (Å²) in [5.41, 5.74) is 0.721. The second-order valence-corrected chi connectivity index (χ2v) is 6.35. The Labute approximate surface area is 117 Å². The first kappa shape index (κ1) is 13.7. The molecule has 1 aliphatic rings. The molecule has 1 fully saturated rings. The van der Waals surface area contributed by atoms with E-state index in [9.17, 15) is 4.79 Å². The fraction of sp³-hybridized carbons (Fsp3) is 0.643. The van der Waals surface area contributed by atoms with Gasteiger partial charge in [-0.15, -0.1) is 0 Å². The van der Waals surface area contributed by atoms with Gasteiger partial charge >= 0.3 is 0 Å². The molecule has 0 aliphatic heterocycles. The van der Waals surface area contributed by atoms with Crippen LogP contribution in [0.25, 0.3) is 0 Å². The van der Waals surface area contributed by atoms with Crippen LogP contribution < -0.4 is 5.32 Å². The van der Waals surface area contributed by atoms with Gasteiger partial charge in [-0.3, -0.25) is 4.79 Å². The van der Waals surface area contributed by atoms with Gasteiger partial charge in [0.2, 0.25) is 0 Å². The van der Waals surface area contributed by atoms with Crippen molar-refractivity contribution in [3.05, 3.63) is 22.4 Å². The Morgan fingerprint density at radius 3 is 2.83 bits per heavy atom. The van der Waals surface area contributed by atoms with Crippen LogP contribution in [0.2, 0.25) is 0 Å². The minimum absolute atomic E-state index is 0.0442. The number of aryl methyl sites for hydroxylation is 1. The minimum atomic E-state index is 0.0442. The van der Waals surface area contributed by atoms with Gasteiger partial charge in [-0.2, -0.15) is 0 Å². The molecule has 18 heavy (non-hydrogen) atoms. The highest BCUT2D eigenvalue weighted by Gasteiger charge is 2.19. The van der Waals surface area contributed by atoms with Crippen LogP contribution in [-0.2, 0) is 7.05 Å². The lowest BCUT2D eigenvalue weighted by molar-refractivity contribution is 0.0925. The van der Waals surface area contributed by atoms with Crippen molar-refractivity contribution in [1.29, 1.82) is 0 Å². The zero-order valence-electron chi connectivity index (χ0n) is 11.1. The van der Waals surface area contributed by atoms with E-state index in [0.29, 0.717) is 6.04 Å². The zero-order chi connectivity index (χ0) is 13.1. The topological polar surface area (TPSA) is 34.0 Å². The number of rotatable bonds is 2.